The van der Waals surface area contributed by atoms with Gasteiger partial charge in [-0.15, -0.1) is 0 Å². The fourth-order valence-electron chi connectivity index (χ4n) is 3.92. The van der Waals surface area contributed by atoms with Crippen molar-refractivity contribution in [1.82, 2.24) is 24.9 Å². The fraction of sp³-hybridized carbons (Fsp3) is 0.722. The molecule has 0 saturated carbocycles. The van der Waals surface area contributed by atoms with Gasteiger partial charge in [-0.1, -0.05) is 13.3 Å². The van der Waals surface area contributed by atoms with Gasteiger partial charge in [0.1, 0.15) is 6.54 Å². The molecule has 1 N–H and O–H groups in total. The summed E-state index contributed by atoms with van der Waals surface area (Å²) < 4.78 is 1.72. The number of carbonyl (C=O) groups excluding carboxylic acids is 1. The van der Waals surface area contributed by atoms with Crippen molar-refractivity contribution in [1.29, 1.82) is 0 Å². The number of rotatable bonds is 4. The molecule has 2 fully saturated rings. The fourth-order valence-corrected chi connectivity index (χ4v) is 3.92. The Hall–Kier alpha value is -2.09. The Bertz CT molecular complexity index is 641. The Morgan fingerprint density at radius 3 is 2.85 bits per heavy atom. The number of hydrogen-bond acceptors (Lipinski definition) is 4. The Kier molecular flexibility index (Phi) is 6.13. The molecule has 144 valence electrons. The van der Waals surface area contributed by atoms with Crippen LogP contribution in [0.4, 0.5) is 5.69 Å². The third-order valence-corrected chi connectivity index (χ3v) is 5.39. The van der Waals surface area contributed by atoms with Crippen LogP contribution in [0.15, 0.2) is 17.4 Å². The van der Waals surface area contributed by atoms with E-state index >= 15 is 0 Å². The van der Waals surface area contributed by atoms with Gasteiger partial charge in [-0.3, -0.25) is 19.4 Å². The van der Waals surface area contributed by atoms with E-state index < -0.39 is 0 Å². The number of carbonyl (C=O) groups is 1. The van der Waals surface area contributed by atoms with Crippen molar-refractivity contribution in [2.24, 2.45) is 12.0 Å². The minimum Gasteiger partial charge on any atom is -0.355 e. The zero-order valence-corrected chi connectivity index (χ0v) is 16.2. The number of aromatic nitrogens is 2. The number of amides is 1. The van der Waals surface area contributed by atoms with Crippen LogP contribution in [0.5, 0.6) is 0 Å². The van der Waals surface area contributed by atoms with Crippen LogP contribution in [-0.2, 0) is 11.8 Å². The second-order valence-electron chi connectivity index (χ2n) is 7.05. The number of likely N-dealkylation sites (N-methyl/N-ethyl adjacent to an activating group) is 1. The SMILES string of the molecule is CCN1CCCCC1CNC(=NC)N1CCN(c2cnn(C)c2)C(=O)C1. The number of nitrogens with one attached hydrogen (secondary N) is 1. The van der Waals surface area contributed by atoms with E-state index in [-0.39, 0.29) is 5.91 Å². The molecule has 0 radical (unpaired) electrons. The first-order chi connectivity index (χ1) is 12.6. The molecule has 8 heteroatoms. The maximum Gasteiger partial charge on any atom is 0.246 e. The number of anilines is 1. The molecule has 0 aromatic carbocycles. The van der Waals surface area contributed by atoms with E-state index in [2.05, 4.69) is 27.2 Å². The van der Waals surface area contributed by atoms with Crippen molar-refractivity contribution in [2.45, 2.75) is 32.2 Å². The number of guanidine groups is 1. The Balaban J connectivity index is 1.55. The molecule has 8 nitrogen and oxygen atoms in total. The summed E-state index contributed by atoms with van der Waals surface area (Å²) in [5.41, 5.74) is 0.862. The predicted molar refractivity (Wildman–Crippen MR) is 103 cm³/mol. The first-order valence-corrected chi connectivity index (χ1v) is 9.61. The molecule has 3 rings (SSSR count). The second-order valence-corrected chi connectivity index (χ2v) is 7.05. The van der Waals surface area contributed by atoms with Gasteiger partial charge in [0.25, 0.3) is 0 Å². The maximum atomic E-state index is 12.6. The zero-order chi connectivity index (χ0) is 18.5. The normalized spacial score (nSPS) is 22.8. The first kappa shape index (κ1) is 18.7. The third-order valence-electron chi connectivity index (χ3n) is 5.39. The van der Waals surface area contributed by atoms with Crippen LogP contribution < -0.4 is 10.2 Å². The number of piperidine rings is 1. The Morgan fingerprint density at radius 1 is 1.35 bits per heavy atom. The van der Waals surface area contributed by atoms with Gasteiger partial charge >= 0.3 is 0 Å². The van der Waals surface area contributed by atoms with Gasteiger partial charge in [0.05, 0.1) is 11.9 Å². The number of aryl methyl sites for hydroxylation is 1. The average Bonchev–Trinajstić information content (AvgIpc) is 3.08. The lowest BCUT2D eigenvalue weighted by molar-refractivity contribution is -0.120. The van der Waals surface area contributed by atoms with Gasteiger partial charge in [0.2, 0.25) is 5.91 Å². The van der Waals surface area contributed by atoms with E-state index in [9.17, 15) is 4.79 Å². The smallest absolute Gasteiger partial charge is 0.246 e. The molecule has 1 amide bonds. The summed E-state index contributed by atoms with van der Waals surface area (Å²) in [5, 5.41) is 7.66. The van der Waals surface area contributed by atoms with Gasteiger partial charge < -0.3 is 15.1 Å². The molecule has 2 aliphatic heterocycles. The van der Waals surface area contributed by atoms with Crippen molar-refractivity contribution in [3.63, 3.8) is 0 Å². The highest BCUT2D eigenvalue weighted by Crippen LogP contribution is 2.17. The highest BCUT2D eigenvalue weighted by molar-refractivity contribution is 5.98. The molecule has 0 bridgehead atoms. The van der Waals surface area contributed by atoms with E-state index in [1.165, 1.54) is 25.8 Å². The average molecular weight is 361 g/mol. The quantitative estimate of drug-likeness (QED) is 0.625. The summed E-state index contributed by atoms with van der Waals surface area (Å²) in [7, 11) is 3.65. The minimum atomic E-state index is 0.0834. The molecule has 1 unspecified atom stereocenters. The molecule has 1 aromatic heterocycles. The topological polar surface area (TPSA) is 69.0 Å². The van der Waals surface area contributed by atoms with Gasteiger partial charge in [0, 0.05) is 46.0 Å². The van der Waals surface area contributed by atoms with E-state index in [0.717, 1.165) is 31.3 Å². The predicted octanol–water partition coefficient (Wildman–Crippen LogP) is 0.519. The number of nitrogens with zero attached hydrogens (tertiary/aromatic N) is 6. The van der Waals surface area contributed by atoms with Crippen LogP contribution in [-0.4, -0.2) is 83.8 Å². The molecule has 0 aliphatic carbocycles. The monoisotopic (exact) mass is 361 g/mol. The molecule has 26 heavy (non-hydrogen) atoms. The molecule has 3 heterocycles. The van der Waals surface area contributed by atoms with E-state index in [1.807, 2.05) is 18.1 Å². The van der Waals surface area contributed by atoms with Crippen molar-refractivity contribution in [2.75, 3.05) is 51.2 Å². The summed E-state index contributed by atoms with van der Waals surface area (Å²) in [5.74, 6) is 0.908. The van der Waals surface area contributed by atoms with E-state index in [0.29, 0.717) is 19.1 Å². The largest absolute Gasteiger partial charge is 0.355 e. The van der Waals surface area contributed by atoms with Crippen molar-refractivity contribution < 1.29 is 4.79 Å². The summed E-state index contributed by atoms with van der Waals surface area (Å²) in [6.45, 7) is 7.15. The summed E-state index contributed by atoms with van der Waals surface area (Å²) in [6, 6.07) is 0.554. The lowest BCUT2D eigenvalue weighted by atomic mass is 10.0. The second kappa shape index (κ2) is 8.53. The minimum absolute atomic E-state index is 0.0834. The summed E-state index contributed by atoms with van der Waals surface area (Å²) in [4.78, 5) is 23.4. The number of piperazine rings is 1. The van der Waals surface area contributed by atoms with Crippen LogP contribution in [0.25, 0.3) is 0 Å². The van der Waals surface area contributed by atoms with Crippen molar-refractivity contribution >= 4 is 17.6 Å². The zero-order valence-electron chi connectivity index (χ0n) is 16.2. The maximum absolute atomic E-state index is 12.6. The molecular formula is C18H31N7O. The van der Waals surface area contributed by atoms with Crippen LogP contribution in [0.2, 0.25) is 0 Å². The van der Waals surface area contributed by atoms with Crippen molar-refractivity contribution in [3.8, 4) is 0 Å². The molecular weight excluding hydrogens is 330 g/mol. The number of likely N-dealkylation sites (tertiary alicyclic amines) is 1. The van der Waals surface area contributed by atoms with Gasteiger partial charge in [-0.2, -0.15) is 5.10 Å². The Morgan fingerprint density at radius 2 is 2.19 bits per heavy atom. The van der Waals surface area contributed by atoms with E-state index in [4.69, 9.17) is 0 Å². The summed E-state index contributed by atoms with van der Waals surface area (Å²) in [6.07, 6.45) is 7.44. The highest BCUT2D eigenvalue weighted by Gasteiger charge is 2.28. The molecule has 2 saturated heterocycles. The van der Waals surface area contributed by atoms with E-state index in [1.54, 1.807) is 22.8 Å². The molecule has 1 aromatic rings. The van der Waals surface area contributed by atoms with Gasteiger partial charge in [0.15, 0.2) is 5.96 Å². The van der Waals surface area contributed by atoms with Crippen LogP contribution in [0, 0.1) is 0 Å². The van der Waals surface area contributed by atoms with Gasteiger partial charge in [-0.05, 0) is 25.9 Å². The molecule has 2 aliphatic rings. The lowest BCUT2D eigenvalue weighted by Gasteiger charge is -2.38. The Labute approximate surface area is 155 Å². The molecule has 0 spiro atoms. The number of aliphatic imine (C=N–C) groups is 1. The van der Waals surface area contributed by atoms with Gasteiger partial charge in [-0.25, -0.2) is 0 Å². The molecule has 1 atom stereocenters. The third kappa shape index (κ3) is 4.17. The van der Waals surface area contributed by atoms with Crippen molar-refractivity contribution in [3.05, 3.63) is 12.4 Å². The lowest BCUT2D eigenvalue weighted by Crippen LogP contribution is -2.57. The standard InChI is InChI=1S/C18H31N7O/c1-4-23-8-6-5-7-15(23)11-20-18(19-2)24-9-10-25(17(26)14-24)16-12-21-22(3)13-16/h12-13,15H,4-11,14H2,1-3H3,(H,19,20). The first-order valence-electron chi connectivity index (χ1n) is 9.61. The highest BCUT2D eigenvalue weighted by atomic mass is 16.2. The van der Waals surface area contributed by atoms with Crippen LogP contribution in [0.3, 0.4) is 0 Å². The summed E-state index contributed by atoms with van der Waals surface area (Å²) >= 11 is 0. The van der Waals surface area contributed by atoms with Crippen LogP contribution in [0.1, 0.15) is 26.2 Å². The number of hydrogen-bond donors (Lipinski definition) is 1. The van der Waals surface area contributed by atoms with Crippen LogP contribution >= 0.6 is 0 Å².